The van der Waals surface area contributed by atoms with Crippen LogP contribution in [-0.2, 0) is 14.3 Å². The van der Waals surface area contributed by atoms with Crippen molar-refractivity contribution in [1.82, 2.24) is 9.80 Å². The number of benzene rings is 1. The van der Waals surface area contributed by atoms with Gasteiger partial charge in [0.25, 0.3) is 0 Å². The van der Waals surface area contributed by atoms with Crippen LogP contribution >= 0.6 is 0 Å². The molecule has 1 saturated carbocycles. The molecule has 2 amide bonds. The number of ether oxygens (including phenoxy) is 1. The van der Waals surface area contributed by atoms with Gasteiger partial charge in [-0.3, -0.25) is 14.4 Å². The monoisotopic (exact) mass is 482 g/mol. The summed E-state index contributed by atoms with van der Waals surface area (Å²) < 4.78 is 5.75. The van der Waals surface area contributed by atoms with E-state index in [1.807, 2.05) is 19.1 Å². The van der Waals surface area contributed by atoms with Gasteiger partial charge in [0, 0.05) is 49.9 Å². The number of hydrogen-bond acceptors (Lipinski definition) is 6. The lowest BCUT2D eigenvalue weighted by molar-refractivity contribution is -0.139. The SMILES string of the molecule is C[C@H]1CN(C(=O)[C@H](c2cc(N3CCN(C)CC3)ccc2C(N)=O)C2CCCCC2)[C@@H]2C(=O)CO[C@@H]21. The molecule has 0 spiro atoms. The highest BCUT2D eigenvalue weighted by atomic mass is 16.5. The lowest BCUT2D eigenvalue weighted by atomic mass is 9.74. The Labute approximate surface area is 207 Å². The Morgan fingerprint density at radius 2 is 1.80 bits per heavy atom. The van der Waals surface area contributed by atoms with Crippen LogP contribution < -0.4 is 10.6 Å². The maximum absolute atomic E-state index is 14.3. The first-order valence-corrected chi connectivity index (χ1v) is 13.2. The lowest BCUT2D eigenvalue weighted by Gasteiger charge is -2.37. The number of nitrogens with two attached hydrogens (primary N) is 1. The molecule has 3 heterocycles. The van der Waals surface area contributed by atoms with Gasteiger partial charge in [0.1, 0.15) is 12.6 Å². The third-order valence-corrected chi connectivity index (χ3v) is 8.61. The number of carbonyl (C=O) groups excluding carboxylic acids is 3. The molecular formula is C27H38N4O4. The van der Waals surface area contributed by atoms with E-state index in [9.17, 15) is 14.4 Å². The second kappa shape index (κ2) is 9.90. The fourth-order valence-electron chi connectivity index (χ4n) is 6.65. The topological polar surface area (TPSA) is 96.2 Å². The number of rotatable bonds is 5. The number of primary amides is 1. The van der Waals surface area contributed by atoms with Crippen molar-refractivity contribution in [3.63, 3.8) is 0 Å². The minimum Gasteiger partial charge on any atom is -0.369 e. The Bertz CT molecular complexity index is 983. The Kier molecular flexibility index (Phi) is 6.86. The van der Waals surface area contributed by atoms with Crippen LogP contribution in [0.5, 0.6) is 0 Å². The van der Waals surface area contributed by atoms with Crippen LogP contribution in [-0.4, -0.2) is 85.9 Å². The lowest BCUT2D eigenvalue weighted by Crippen LogP contribution is -2.46. The van der Waals surface area contributed by atoms with E-state index in [0.29, 0.717) is 12.1 Å². The fraction of sp³-hybridized carbons (Fsp3) is 0.667. The first kappa shape index (κ1) is 24.3. The Balaban J connectivity index is 1.54. The number of likely N-dealkylation sites (tertiary alicyclic amines) is 1. The second-order valence-electron chi connectivity index (χ2n) is 11.0. The predicted octanol–water partition coefficient (Wildman–Crippen LogP) is 2.02. The Morgan fingerprint density at radius 3 is 2.49 bits per heavy atom. The van der Waals surface area contributed by atoms with Gasteiger partial charge in [-0.15, -0.1) is 0 Å². The smallest absolute Gasteiger partial charge is 0.249 e. The van der Waals surface area contributed by atoms with E-state index in [2.05, 4.69) is 16.8 Å². The van der Waals surface area contributed by atoms with Crippen LogP contribution in [0.1, 0.15) is 60.9 Å². The number of ketones is 1. The van der Waals surface area contributed by atoms with Gasteiger partial charge in [0.05, 0.1) is 12.0 Å². The molecule has 1 aliphatic carbocycles. The normalized spacial score (nSPS) is 28.9. The van der Waals surface area contributed by atoms with Crippen molar-refractivity contribution in [2.75, 3.05) is 51.3 Å². The number of nitrogens with zero attached hydrogens (tertiary/aromatic N) is 3. The van der Waals surface area contributed by atoms with E-state index in [1.165, 1.54) is 6.42 Å². The zero-order valence-corrected chi connectivity index (χ0v) is 20.9. The Hall–Kier alpha value is -2.45. The predicted molar refractivity (Wildman–Crippen MR) is 133 cm³/mol. The van der Waals surface area contributed by atoms with E-state index in [4.69, 9.17) is 10.5 Å². The number of carbonyl (C=O) groups is 3. The van der Waals surface area contributed by atoms with Gasteiger partial charge in [-0.05, 0) is 49.6 Å². The summed E-state index contributed by atoms with van der Waals surface area (Å²) in [7, 11) is 2.12. The summed E-state index contributed by atoms with van der Waals surface area (Å²) in [5, 5.41) is 0. The molecule has 0 radical (unpaired) electrons. The average molecular weight is 483 g/mol. The molecule has 190 valence electrons. The molecule has 0 bridgehead atoms. The van der Waals surface area contributed by atoms with Gasteiger partial charge in [-0.1, -0.05) is 26.2 Å². The number of piperazine rings is 1. The van der Waals surface area contributed by atoms with Gasteiger partial charge in [0.15, 0.2) is 5.78 Å². The van der Waals surface area contributed by atoms with Gasteiger partial charge in [-0.25, -0.2) is 0 Å². The van der Waals surface area contributed by atoms with Crippen molar-refractivity contribution >= 4 is 23.3 Å². The van der Waals surface area contributed by atoms with Crippen LogP contribution in [0.25, 0.3) is 0 Å². The van der Waals surface area contributed by atoms with Crippen LogP contribution in [0.4, 0.5) is 5.69 Å². The summed E-state index contributed by atoms with van der Waals surface area (Å²) in [6.07, 6.45) is 4.96. The summed E-state index contributed by atoms with van der Waals surface area (Å²) in [5.41, 5.74) is 8.03. The molecule has 2 N–H and O–H groups in total. The van der Waals surface area contributed by atoms with Gasteiger partial charge < -0.3 is 25.2 Å². The van der Waals surface area contributed by atoms with E-state index >= 15 is 0 Å². The summed E-state index contributed by atoms with van der Waals surface area (Å²) in [5.74, 6) is -0.820. The maximum Gasteiger partial charge on any atom is 0.249 e. The van der Waals surface area contributed by atoms with Crippen molar-refractivity contribution in [3.05, 3.63) is 29.3 Å². The zero-order chi connectivity index (χ0) is 24.7. The number of hydrogen-bond donors (Lipinski definition) is 1. The highest BCUT2D eigenvalue weighted by Gasteiger charge is 2.52. The number of likely N-dealkylation sites (N-methyl/N-ethyl adjacent to an activating group) is 1. The molecule has 4 fully saturated rings. The molecule has 3 aliphatic heterocycles. The van der Waals surface area contributed by atoms with Crippen molar-refractivity contribution in [1.29, 1.82) is 0 Å². The molecule has 5 rings (SSSR count). The third-order valence-electron chi connectivity index (χ3n) is 8.61. The third kappa shape index (κ3) is 4.58. The summed E-state index contributed by atoms with van der Waals surface area (Å²) in [6, 6.07) is 5.28. The van der Waals surface area contributed by atoms with Crippen LogP contribution in [0.2, 0.25) is 0 Å². The van der Waals surface area contributed by atoms with Crippen molar-refractivity contribution in [3.8, 4) is 0 Å². The van der Waals surface area contributed by atoms with Gasteiger partial charge in [-0.2, -0.15) is 0 Å². The highest BCUT2D eigenvalue weighted by Crippen LogP contribution is 2.42. The molecule has 4 aliphatic rings. The summed E-state index contributed by atoms with van der Waals surface area (Å²) in [4.78, 5) is 46.0. The molecule has 4 atom stereocenters. The molecular weight excluding hydrogens is 444 g/mol. The average Bonchev–Trinajstić information content (AvgIpc) is 3.40. The minimum atomic E-state index is -0.513. The number of anilines is 1. The van der Waals surface area contributed by atoms with Crippen molar-refractivity contribution < 1.29 is 19.1 Å². The molecule has 35 heavy (non-hydrogen) atoms. The van der Waals surface area contributed by atoms with Crippen LogP contribution in [0.3, 0.4) is 0 Å². The second-order valence-corrected chi connectivity index (χ2v) is 11.0. The number of fused-ring (bicyclic) bond motifs is 1. The quantitative estimate of drug-likeness (QED) is 0.690. The van der Waals surface area contributed by atoms with Gasteiger partial charge in [0.2, 0.25) is 11.8 Å². The Morgan fingerprint density at radius 1 is 1.09 bits per heavy atom. The molecule has 0 unspecified atom stereocenters. The van der Waals surface area contributed by atoms with Crippen LogP contribution in [0.15, 0.2) is 18.2 Å². The van der Waals surface area contributed by atoms with E-state index in [1.54, 1.807) is 11.0 Å². The minimum absolute atomic E-state index is 0.0172. The maximum atomic E-state index is 14.3. The van der Waals surface area contributed by atoms with Crippen molar-refractivity contribution in [2.24, 2.45) is 17.6 Å². The largest absolute Gasteiger partial charge is 0.369 e. The summed E-state index contributed by atoms with van der Waals surface area (Å²) in [6.45, 7) is 6.35. The van der Waals surface area contributed by atoms with Gasteiger partial charge >= 0.3 is 0 Å². The molecule has 1 aromatic carbocycles. The molecule has 0 aromatic heterocycles. The molecule has 3 saturated heterocycles. The summed E-state index contributed by atoms with van der Waals surface area (Å²) >= 11 is 0. The molecule has 8 nitrogen and oxygen atoms in total. The van der Waals surface area contributed by atoms with E-state index in [0.717, 1.165) is 63.1 Å². The van der Waals surface area contributed by atoms with Crippen LogP contribution in [0, 0.1) is 11.8 Å². The zero-order valence-electron chi connectivity index (χ0n) is 20.9. The molecule has 8 heteroatoms. The van der Waals surface area contributed by atoms with E-state index in [-0.39, 0.29) is 36.2 Å². The first-order valence-electron chi connectivity index (χ1n) is 13.2. The number of Topliss-reactive ketones (excluding diaryl/α,β-unsaturated/α-hetero) is 1. The van der Waals surface area contributed by atoms with Crippen molar-refractivity contribution in [2.45, 2.75) is 57.1 Å². The molecule has 1 aromatic rings. The standard InChI is InChI=1S/C27H38N4O4/c1-17-15-31(24-22(32)16-35-25(17)24)27(34)23(18-6-4-3-5-7-18)21-14-19(8-9-20(21)26(28)33)30-12-10-29(2)11-13-30/h8-9,14,17-18,23-25H,3-7,10-13,15-16H2,1-2H3,(H2,28,33)/t17-,23-,24+,25+/m0/s1. The van der Waals surface area contributed by atoms with E-state index < -0.39 is 17.9 Å². The fourth-order valence-corrected chi connectivity index (χ4v) is 6.65. The first-order chi connectivity index (χ1) is 16.8. The number of amides is 2. The highest BCUT2D eigenvalue weighted by molar-refractivity contribution is 5.99.